The van der Waals surface area contributed by atoms with E-state index in [2.05, 4.69) is 17.1 Å². The zero-order valence-electron chi connectivity index (χ0n) is 12.3. The summed E-state index contributed by atoms with van der Waals surface area (Å²) in [5.41, 5.74) is 1.03. The molecule has 0 spiro atoms. The third-order valence-electron chi connectivity index (χ3n) is 3.86. The van der Waals surface area contributed by atoms with Gasteiger partial charge in [0.25, 0.3) is 0 Å². The van der Waals surface area contributed by atoms with Crippen LogP contribution in [0.1, 0.15) is 18.5 Å². The molecule has 2 rings (SSSR count). The molecular weight excluding hydrogens is 257 g/mol. The van der Waals surface area contributed by atoms with E-state index in [0.29, 0.717) is 6.54 Å². The number of halogens is 1. The lowest BCUT2D eigenvalue weighted by molar-refractivity contribution is -0.136. The van der Waals surface area contributed by atoms with Gasteiger partial charge in [-0.2, -0.15) is 0 Å². The van der Waals surface area contributed by atoms with Crippen LogP contribution in [0.2, 0.25) is 0 Å². The molecule has 1 amide bonds. The molecule has 0 aromatic heterocycles. The number of nitrogens with zero attached hydrogens (tertiary/aromatic N) is 2. The first-order valence-corrected chi connectivity index (χ1v) is 6.94. The Labute approximate surface area is 119 Å². The van der Waals surface area contributed by atoms with Crippen molar-refractivity contribution in [2.75, 3.05) is 33.7 Å². The van der Waals surface area contributed by atoms with Crippen molar-refractivity contribution in [1.29, 1.82) is 0 Å². The van der Waals surface area contributed by atoms with Crippen LogP contribution >= 0.6 is 0 Å². The second kappa shape index (κ2) is 6.33. The van der Waals surface area contributed by atoms with Crippen molar-refractivity contribution in [3.8, 4) is 0 Å². The van der Waals surface area contributed by atoms with Crippen molar-refractivity contribution in [2.24, 2.45) is 0 Å². The molecule has 0 aliphatic carbocycles. The summed E-state index contributed by atoms with van der Waals surface area (Å²) in [4.78, 5) is 16.1. The summed E-state index contributed by atoms with van der Waals surface area (Å²) in [6, 6.07) is 6.44. The summed E-state index contributed by atoms with van der Waals surface area (Å²) >= 11 is 0. The lowest BCUT2D eigenvalue weighted by Crippen LogP contribution is -2.58. The van der Waals surface area contributed by atoms with Crippen LogP contribution in [0.25, 0.3) is 0 Å². The average molecular weight is 279 g/mol. The molecule has 1 aromatic rings. The zero-order valence-corrected chi connectivity index (χ0v) is 12.3. The van der Waals surface area contributed by atoms with Crippen molar-refractivity contribution < 1.29 is 9.18 Å². The quantitative estimate of drug-likeness (QED) is 0.904. The van der Waals surface area contributed by atoms with Crippen LogP contribution in [0.5, 0.6) is 0 Å². The topological polar surface area (TPSA) is 35.6 Å². The van der Waals surface area contributed by atoms with Crippen molar-refractivity contribution in [3.63, 3.8) is 0 Å². The third-order valence-corrected chi connectivity index (χ3v) is 3.86. The standard InChI is InChI=1S/C15H22FN3O/c1-11(12-4-6-13(16)7-5-12)19-9-8-17-10-14(19)15(20)18(2)3/h4-7,11,14,17H,8-10H2,1-3H3. The van der Waals surface area contributed by atoms with E-state index in [4.69, 9.17) is 0 Å². The number of carbonyl (C=O) groups is 1. The van der Waals surface area contributed by atoms with Crippen molar-refractivity contribution in [1.82, 2.24) is 15.1 Å². The number of hydrogen-bond acceptors (Lipinski definition) is 3. The Hall–Kier alpha value is -1.46. The van der Waals surface area contributed by atoms with Gasteiger partial charge in [-0.15, -0.1) is 0 Å². The molecule has 0 saturated carbocycles. The van der Waals surface area contributed by atoms with Crippen molar-refractivity contribution in [3.05, 3.63) is 35.6 Å². The highest BCUT2D eigenvalue weighted by atomic mass is 19.1. The molecule has 5 heteroatoms. The van der Waals surface area contributed by atoms with Crippen molar-refractivity contribution in [2.45, 2.75) is 19.0 Å². The maximum Gasteiger partial charge on any atom is 0.240 e. The zero-order chi connectivity index (χ0) is 14.7. The van der Waals surface area contributed by atoms with E-state index >= 15 is 0 Å². The summed E-state index contributed by atoms with van der Waals surface area (Å²) in [5.74, 6) is -0.131. The molecule has 1 N–H and O–H groups in total. The molecule has 2 unspecified atom stereocenters. The average Bonchev–Trinajstić information content (AvgIpc) is 2.46. The van der Waals surface area contributed by atoms with Gasteiger partial charge in [0.1, 0.15) is 11.9 Å². The summed E-state index contributed by atoms with van der Waals surface area (Å²) in [6.45, 7) is 4.39. The van der Waals surface area contributed by atoms with Gasteiger partial charge in [-0.25, -0.2) is 4.39 Å². The molecule has 110 valence electrons. The van der Waals surface area contributed by atoms with E-state index in [1.54, 1.807) is 31.1 Å². The third kappa shape index (κ3) is 3.16. The SMILES string of the molecule is CC(c1ccc(F)cc1)N1CCNCC1C(=O)N(C)C. The highest BCUT2D eigenvalue weighted by Gasteiger charge is 2.33. The molecule has 1 aliphatic heterocycles. The molecular formula is C15H22FN3O. The summed E-state index contributed by atoms with van der Waals surface area (Å²) < 4.78 is 13.0. The summed E-state index contributed by atoms with van der Waals surface area (Å²) in [6.07, 6.45) is 0. The monoisotopic (exact) mass is 279 g/mol. The molecule has 0 radical (unpaired) electrons. The second-order valence-electron chi connectivity index (χ2n) is 5.42. The van der Waals surface area contributed by atoms with Crippen LogP contribution < -0.4 is 5.32 Å². The van der Waals surface area contributed by atoms with E-state index < -0.39 is 0 Å². The number of carbonyl (C=O) groups excluding carboxylic acids is 1. The fraction of sp³-hybridized carbons (Fsp3) is 0.533. The first-order valence-electron chi connectivity index (χ1n) is 6.94. The maximum atomic E-state index is 13.0. The Balaban J connectivity index is 2.18. The van der Waals surface area contributed by atoms with E-state index in [0.717, 1.165) is 18.7 Å². The molecule has 1 saturated heterocycles. The Morgan fingerprint density at radius 2 is 2.05 bits per heavy atom. The Kier molecular flexibility index (Phi) is 4.73. The number of piperazine rings is 1. The lowest BCUT2D eigenvalue weighted by atomic mass is 10.0. The van der Waals surface area contributed by atoms with Gasteiger partial charge >= 0.3 is 0 Å². The highest BCUT2D eigenvalue weighted by Crippen LogP contribution is 2.24. The van der Waals surface area contributed by atoms with Crippen LogP contribution in [0, 0.1) is 5.82 Å². The van der Waals surface area contributed by atoms with Crippen LogP contribution in [0.15, 0.2) is 24.3 Å². The highest BCUT2D eigenvalue weighted by molar-refractivity contribution is 5.81. The molecule has 2 atom stereocenters. The molecule has 20 heavy (non-hydrogen) atoms. The molecule has 4 nitrogen and oxygen atoms in total. The Morgan fingerprint density at radius 1 is 1.40 bits per heavy atom. The number of rotatable bonds is 3. The fourth-order valence-electron chi connectivity index (χ4n) is 2.64. The van der Waals surface area contributed by atoms with Gasteiger partial charge in [0, 0.05) is 39.8 Å². The van der Waals surface area contributed by atoms with Gasteiger partial charge < -0.3 is 10.2 Å². The number of hydrogen-bond donors (Lipinski definition) is 1. The summed E-state index contributed by atoms with van der Waals surface area (Å²) in [5, 5.41) is 3.27. The van der Waals surface area contributed by atoms with E-state index in [1.165, 1.54) is 12.1 Å². The first kappa shape index (κ1) is 14.9. The maximum absolute atomic E-state index is 13.0. The minimum Gasteiger partial charge on any atom is -0.347 e. The van der Waals surface area contributed by atoms with Gasteiger partial charge in [-0.3, -0.25) is 9.69 Å². The molecule has 1 aliphatic rings. The Bertz CT molecular complexity index is 461. The van der Waals surface area contributed by atoms with Crippen molar-refractivity contribution >= 4 is 5.91 Å². The minimum atomic E-state index is -0.234. The number of nitrogens with one attached hydrogen (secondary N) is 1. The van der Waals surface area contributed by atoms with Gasteiger partial charge in [0.05, 0.1) is 0 Å². The predicted octanol–water partition coefficient (Wildman–Crippen LogP) is 1.25. The normalized spacial score (nSPS) is 21.5. The predicted molar refractivity (Wildman–Crippen MR) is 76.9 cm³/mol. The van der Waals surface area contributed by atoms with Crippen LogP contribution in [0.4, 0.5) is 4.39 Å². The molecule has 0 bridgehead atoms. The second-order valence-corrected chi connectivity index (χ2v) is 5.42. The van der Waals surface area contributed by atoms with E-state index in [1.807, 2.05) is 0 Å². The smallest absolute Gasteiger partial charge is 0.240 e. The van der Waals surface area contributed by atoms with Gasteiger partial charge in [0.2, 0.25) is 5.91 Å². The van der Waals surface area contributed by atoms with E-state index in [9.17, 15) is 9.18 Å². The van der Waals surface area contributed by atoms with Crippen LogP contribution in [-0.2, 0) is 4.79 Å². The van der Waals surface area contributed by atoms with Crippen LogP contribution in [0.3, 0.4) is 0 Å². The first-order chi connectivity index (χ1) is 9.50. The molecule has 1 heterocycles. The number of benzene rings is 1. The molecule has 1 fully saturated rings. The van der Waals surface area contributed by atoms with Gasteiger partial charge in [0.15, 0.2) is 0 Å². The van der Waals surface area contributed by atoms with Gasteiger partial charge in [-0.1, -0.05) is 12.1 Å². The lowest BCUT2D eigenvalue weighted by Gasteiger charge is -2.40. The largest absolute Gasteiger partial charge is 0.347 e. The summed E-state index contributed by atoms with van der Waals surface area (Å²) in [7, 11) is 3.55. The minimum absolute atomic E-state index is 0.0894. The molecule has 1 aromatic carbocycles. The number of likely N-dealkylation sites (N-methyl/N-ethyl adjacent to an activating group) is 1. The fourth-order valence-corrected chi connectivity index (χ4v) is 2.64. The van der Waals surface area contributed by atoms with Crippen LogP contribution in [-0.4, -0.2) is 55.5 Å². The van der Waals surface area contributed by atoms with E-state index in [-0.39, 0.29) is 23.8 Å². The Morgan fingerprint density at radius 3 is 2.65 bits per heavy atom. The number of amides is 1. The van der Waals surface area contributed by atoms with Gasteiger partial charge in [-0.05, 0) is 24.6 Å².